The van der Waals surface area contributed by atoms with E-state index in [4.69, 9.17) is 4.74 Å². The molecule has 1 atom stereocenters. The number of hydrogen-bond acceptors (Lipinski definition) is 7. The molecule has 0 aliphatic carbocycles. The van der Waals surface area contributed by atoms with Crippen molar-refractivity contribution in [2.24, 2.45) is 0 Å². The van der Waals surface area contributed by atoms with Gasteiger partial charge in [-0.25, -0.2) is 9.97 Å². The van der Waals surface area contributed by atoms with Crippen LogP contribution in [-0.2, 0) is 0 Å². The Morgan fingerprint density at radius 2 is 2.03 bits per heavy atom. The predicted octanol–water partition coefficient (Wildman–Crippen LogP) is 4.10. The SMILES string of the molecule is CNC(=O)c1ccnc2c([C@H](C)CNc3cc(-c4ccc5c(c4)N(C)CCO5)ncn3)cccc12. The first-order valence-corrected chi connectivity index (χ1v) is 11.7. The third-order valence-electron chi connectivity index (χ3n) is 6.41. The topological polar surface area (TPSA) is 92.3 Å². The van der Waals surface area contributed by atoms with E-state index in [1.165, 1.54) is 0 Å². The summed E-state index contributed by atoms with van der Waals surface area (Å²) in [6, 6.07) is 15.8. The van der Waals surface area contributed by atoms with Crippen molar-refractivity contribution in [3.63, 3.8) is 0 Å². The van der Waals surface area contributed by atoms with Crippen LogP contribution in [0.15, 0.2) is 61.1 Å². The van der Waals surface area contributed by atoms with Crippen molar-refractivity contribution < 1.29 is 9.53 Å². The van der Waals surface area contributed by atoms with Gasteiger partial charge in [0.15, 0.2) is 0 Å². The Kier molecular flexibility index (Phi) is 6.18. The first kappa shape index (κ1) is 22.6. The van der Waals surface area contributed by atoms with Crippen LogP contribution >= 0.6 is 0 Å². The molecule has 8 heteroatoms. The van der Waals surface area contributed by atoms with E-state index in [2.05, 4.69) is 56.6 Å². The van der Waals surface area contributed by atoms with Gasteiger partial charge in [0.05, 0.1) is 29.0 Å². The zero-order chi connectivity index (χ0) is 24.4. The van der Waals surface area contributed by atoms with Crippen molar-refractivity contribution in [2.75, 3.05) is 44.0 Å². The molecule has 2 N–H and O–H groups in total. The highest BCUT2D eigenvalue weighted by atomic mass is 16.5. The number of aromatic nitrogens is 3. The Hall–Kier alpha value is -4.20. The average molecular weight is 469 g/mol. The molecule has 0 spiro atoms. The lowest BCUT2D eigenvalue weighted by molar-refractivity contribution is 0.0964. The van der Waals surface area contributed by atoms with E-state index in [0.717, 1.165) is 51.5 Å². The lowest BCUT2D eigenvalue weighted by Crippen LogP contribution is -2.28. The second-order valence-electron chi connectivity index (χ2n) is 8.70. The molecule has 0 saturated heterocycles. The first-order valence-electron chi connectivity index (χ1n) is 11.7. The van der Waals surface area contributed by atoms with E-state index < -0.39 is 0 Å². The minimum Gasteiger partial charge on any atom is -0.490 e. The van der Waals surface area contributed by atoms with Crippen LogP contribution in [0.1, 0.15) is 28.8 Å². The van der Waals surface area contributed by atoms with Gasteiger partial charge < -0.3 is 20.3 Å². The fourth-order valence-corrected chi connectivity index (χ4v) is 4.42. The molecule has 5 rings (SSSR count). The number of fused-ring (bicyclic) bond motifs is 2. The maximum absolute atomic E-state index is 12.3. The molecule has 1 amide bonds. The number of nitrogens with one attached hydrogen (secondary N) is 2. The van der Waals surface area contributed by atoms with E-state index in [9.17, 15) is 4.79 Å². The molecule has 1 aliphatic heterocycles. The molecule has 1 aliphatic rings. The summed E-state index contributed by atoms with van der Waals surface area (Å²) < 4.78 is 5.76. The third-order valence-corrected chi connectivity index (χ3v) is 6.41. The normalized spacial score (nSPS) is 13.6. The van der Waals surface area contributed by atoms with Gasteiger partial charge in [-0.2, -0.15) is 0 Å². The lowest BCUT2D eigenvalue weighted by atomic mass is 9.96. The fraction of sp³-hybridized carbons (Fsp3) is 0.259. The first-order chi connectivity index (χ1) is 17.0. The Morgan fingerprint density at radius 3 is 2.89 bits per heavy atom. The number of rotatable bonds is 6. The molecule has 178 valence electrons. The van der Waals surface area contributed by atoms with Gasteiger partial charge in [0.2, 0.25) is 0 Å². The van der Waals surface area contributed by atoms with Crippen molar-refractivity contribution >= 4 is 28.3 Å². The number of amides is 1. The van der Waals surface area contributed by atoms with E-state index >= 15 is 0 Å². The van der Waals surface area contributed by atoms with Crippen molar-refractivity contribution in [1.29, 1.82) is 0 Å². The number of anilines is 2. The molecule has 35 heavy (non-hydrogen) atoms. The summed E-state index contributed by atoms with van der Waals surface area (Å²) in [7, 11) is 3.70. The summed E-state index contributed by atoms with van der Waals surface area (Å²) in [6.45, 7) is 4.35. The van der Waals surface area contributed by atoms with Gasteiger partial charge in [-0.05, 0) is 29.8 Å². The molecule has 0 saturated carbocycles. The van der Waals surface area contributed by atoms with Gasteiger partial charge in [0.25, 0.3) is 5.91 Å². The Bertz CT molecular complexity index is 1390. The van der Waals surface area contributed by atoms with E-state index in [1.807, 2.05) is 30.3 Å². The molecule has 2 aromatic carbocycles. The standard InChI is InChI=1S/C27H28N6O2/c1-17(19-5-4-6-20-21(27(34)28-2)9-10-29-26(19)20)15-30-25-14-22(31-16-32-25)18-7-8-24-23(13-18)33(3)11-12-35-24/h4-10,13-14,16-17H,11-12,15H2,1-3H3,(H,28,34)(H,30,31,32)/t17-/m1/s1. The zero-order valence-corrected chi connectivity index (χ0v) is 20.1. The molecule has 0 unspecified atom stereocenters. The third kappa shape index (κ3) is 4.47. The molecule has 2 aromatic heterocycles. The molecule has 4 aromatic rings. The Morgan fingerprint density at radius 1 is 1.14 bits per heavy atom. The molecular formula is C27H28N6O2. The number of hydrogen-bond donors (Lipinski definition) is 2. The van der Waals surface area contributed by atoms with E-state index in [1.54, 1.807) is 25.6 Å². The van der Waals surface area contributed by atoms with E-state index in [-0.39, 0.29) is 11.8 Å². The molecular weight excluding hydrogens is 440 g/mol. The summed E-state index contributed by atoms with van der Waals surface area (Å²) in [5.41, 5.74) is 5.47. The van der Waals surface area contributed by atoms with Crippen molar-refractivity contribution in [3.05, 3.63) is 72.2 Å². The highest BCUT2D eigenvalue weighted by Crippen LogP contribution is 2.34. The molecule has 3 heterocycles. The Labute approximate surface area is 204 Å². The lowest BCUT2D eigenvalue weighted by Gasteiger charge is -2.28. The highest BCUT2D eigenvalue weighted by Gasteiger charge is 2.17. The highest BCUT2D eigenvalue weighted by molar-refractivity contribution is 6.06. The van der Waals surface area contributed by atoms with Crippen LogP contribution in [0.3, 0.4) is 0 Å². The van der Waals surface area contributed by atoms with Crippen LogP contribution in [0.2, 0.25) is 0 Å². The molecule has 8 nitrogen and oxygen atoms in total. The van der Waals surface area contributed by atoms with Crippen LogP contribution < -0.4 is 20.3 Å². The van der Waals surface area contributed by atoms with Crippen molar-refractivity contribution in [1.82, 2.24) is 20.3 Å². The van der Waals surface area contributed by atoms with Gasteiger partial charge >= 0.3 is 0 Å². The smallest absolute Gasteiger partial charge is 0.251 e. The minimum absolute atomic E-state index is 0.117. The van der Waals surface area contributed by atoms with Crippen LogP contribution in [-0.4, -0.2) is 54.7 Å². The van der Waals surface area contributed by atoms with Crippen molar-refractivity contribution in [3.8, 4) is 17.0 Å². The van der Waals surface area contributed by atoms with Gasteiger partial charge in [0, 0.05) is 49.8 Å². The summed E-state index contributed by atoms with van der Waals surface area (Å²) in [5.74, 6) is 1.67. The maximum Gasteiger partial charge on any atom is 0.251 e. The van der Waals surface area contributed by atoms with Gasteiger partial charge in [-0.1, -0.05) is 25.1 Å². The second-order valence-corrected chi connectivity index (χ2v) is 8.70. The fourth-order valence-electron chi connectivity index (χ4n) is 4.42. The second kappa shape index (κ2) is 9.58. The number of carbonyl (C=O) groups excluding carboxylic acids is 1. The summed E-state index contributed by atoms with van der Waals surface area (Å²) >= 11 is 0. The molecule has 0 fully saturated rings. The average Bonchev–Trinajstić information content (AvgIpc) is 2.91. The number of benzene rings is 2. The van der Waals surface area contributed by atoms with Crippen molar-refractivity contribution in [2.45, 2.75) is 12.8 Å². The maximum atomic E-state index is 12.3. The number of carbonyl (C=O) groups is 1. The number of likely N-dealkylation sites (N-methyl/N-ethyl adjacent to an activating group) is 1. The number of pyridine rings is 1. The van der Waals surface area contributed by atoms with Crippen LogP contribution in [0.25, 0.3) is 22.2 Å². The van der Waals surface area contributed by atoms with Gasteiger partial charge in [0.1, 0.15) is 24.5 Å². The Balaban J connectivity index is 1.36. The summed E-state index contributed by atoms with van der Waals surface area (Å²) in [4.78, 5) is 28.0. The summed E-state index contributed by atoms with van der Waals surface area (Å²) in [6.07, 6.45) is 3.27. The van der Waals surface area contributed by atoms with E-state index in [0.29, 0.717) is 18.7 Å². The largest absolute Gasteiger partial charge is 0.490 e. The van der Waals surface area contributed by atoms with Gasteiger partial charge in [-0.15, -0.1) is 0 Å². The zero-order valence-electron chi connectivity index (χ0n) is 20.1. The molecule has 0 bridgehead atoms. The number of ether oxygens (including phenoxy) is 1. The quantitative estimate of drug-likeness (QED) is 0.440. The predicted molar refractivity (Wildman–Crippen MR) is 138 cm³/mol. The number of nitrogens with zero attached hydrogens (tertiary/aromatic N) is 4. The molecule has 0 radical (unpaired) electrons. The minimum atomic E-state index is -0.117. The van der Waals surface area contributed by atoms with Crippen LogP contribution in [0.4, 0.5) is 11.5 Å². The van der Waals surface area contributed by atoms with Crippen LogP contribution in [0.5, 0.6) is 5.75 Å². The monoisotopic (exact) mass is 468 g/mol. The number of para-hydroxylation sites is 1. The van der Waals surface area contributed by atoms with Crippen LogP contribution in [0, 0.1) is 0 Å². The summed E-state index contributed by atoms with van der Waals surface area (Å²) in [5, 5.41) is 7.00. The van der Waals surface area contributed by atoms with Gasteiger partial charge in [-0.3, -0.25) is 9.78 Å².